The van der Waals surface area contributed by atoms with E-state index < -0.39 is 5.92 Å². The fraction of sp³-hybridized carbons (Fsp3) is 0.344. The zero-order valence-electron chi connectivity index (χ0n) is 25.4. The van der Waals surface area contributed by atoms with Crippen LogP contribution in [-0.2, 0) is 16.2 Å². The van der Waals surface area contributed by atoms with Crippen LogP contribution in [0.5, 0.6) is 28.9 Å². The monoisotopic (exact) mass is 599 g/mol. The Kier molecular flexibility index (Phi) is 7.58. The second kappa shape index (κ2) is 11.5. The first-order chi connectivity index (χ1) is 21.2. The number of hydrogen-bond donors (Lipinski definition) is 0. The molecule has 2 aromatic carbocycles. The summed E-state index contributed by atoms with van der Waals surface area (Å²) in [5, 5.41) is 8.63. The number of ketones is 1. The Morgan fingerprint density at radius 3 is 2.41 bits per heavy atom. The van der Waals surface area contributed by atoms with Crippen LogP contribution in [0.15, 0.2) is 59.2 Å². The van der Waals surface area contributed by atoms with E-state index in [-0.39, 0.29) is 17.8 Å². The molecule has 0 spiro atoms. The van der Waals surface area contributed by atoms with Crippen molar-refractivity contribution in [3.05, 3.63) is 76.6 Å². The average Bonchev–Trinajstić information content (AvgIpc) is 3.44. The zero-order valence-corrected chi connectivity index (χ0v) is 25.4. The number of aromatic nitrogens is 4. The summed E-state index contributed by atoms with van der Waals surface area (Å²) in [6.07, 6.45) is 4.11. The Labute approximate surface area is 254 Å². The minimum Gasteiger partial charge on any atom is -0.493 e. The maximum Gasteiger partial charge on any atom is 0.228 e. The van der Waals surface area contributed by atoms with Crippen molar-refractivity contribution in [1.29, 1.82) is 0 Å². The molecule has 0 saturated heterocycles. The maximum absolute atomic E-state index is 13.7. The number of hydrogen-bond acceptors (Lipinski definition) is 11. The maximum atomic E-state index is 13.7. The first-order valence-electron chi connectivity index (χ1n) is 14.0. The molecule has 1 atom stereocenters. The third-order valence-corrected chi connectivity index (χ3v) is 7.73. The van der Waals surface area contributed by atoms with E-state index in [1.165, 1.54) is 0 Å². The second-order valence-corrected chi connectivity index (χ2v) is 11.3. The number of fused-ring (bicyclic) bond motifs is 3. The molecule has 6 rings (SSSR count). The number of carbonyl (C=O) groups excluding carboxylic acids is 1. The lowest BCUT2D eigenvalue weighted by atomic mass is 9.70. The molecule has 12 heteroatoms. The van der Waals surface area contributed by atoms with Gasteiger partial charge in [-0.15, -0.1) is 5.10 Å². The van der Waals surface area contributed by atoms with Gasteiger partial charge in [-0.2, -0.15) is 0 Å². The first-order valence-corrected chi connectivity index (χ1v) is 14.0. The Bertz CT molecular complexity index is 1810. The van der Waals surface area contributed by atoms with E-state index >= 15 is 0 Å². The number of carbonyl (C=O) groups is 1. The number of nitrogens with zero attached hydrogens (tertiary/aromatic N) is 5. The molecule has 0 N–H and O–H groups in total. The zero-order chi connectivity index (χ0) is 31.0. The fourth-order valence-electron chi connectivity index (χ4n) is 5.74. The van der Waals surface area contributed by atoms with Gasteiger partial charge in [0.2, 0.25) is 5.88 Å². The highest BCUT2D eigenvalue weighted by Crippen LogP contribution is 2.51. The van der Waals surface area contributed by atoms with Crippen LogP contribution >= 0.6 is 0 Å². The third-order valence-electron chi connectivity index (χ3n) is 7.73. The Morgan fingerprint density at radius 2 is 1.68 bits per heavy atom. The molecule has 1 aliphatic carbocycles. The van der Waals surface area contributed by atoms with Gasteiger partial charge in [0.25, 0.3) is 0 Å². The van der Waals surface area contributed by atoms with Crippen molar-refractivity contribution >= 4 is 17.6 Å². The molecular formula is C32H33N5O7. The van der Waals surface area contributed by atoms with E-state index in [2.05, 4.69) is 29.1 Å². The third kappa shape index (κ3) is 5.27. The highest BCUT2D eigenvalue weighted by molar-refractivity contribution is 6.00. The highest BCUT2D eigenvalue weighted by atomic mass is 16.6. The van der Waals surface area contributed by atoms with Gasteiger partial charge in [-0.25, -0.2) is 14.5 Å². The lowest BCUT2D eigenvalue weighted by molar-refractivity contribution is -0.118. The van der Waals surface area contributed by atoms with Crippen LogP contribution in [0.2, 0.25) is 0 Å². The van der Waals surface area contributed by atoms with E-state index in [9.17, 15) is 4.79 Å². The molecule has 4 aromatic rings. The van der Waals surface area contributed by atoms with Gasteiger partial charge in [-0.05, 0) is 41.3 Å². The van der Waals surface area contributed by atoms with Crippen molar-refractivity contribution in [3.8, 4) is 28.9 Å². The SMILES string of the molecule is COc1ccc(/C=N/OCc2nc3c4c(ncn3n2)OC2=C(C(=O)CC(C)(C)C2)C4c2ccc(OC)c(OC)c2)cc1OC. The number of allylic oxidation sites excluding steroid dienone is 2. The summed E-state index contributed by atoms with van der Waals surface area (Å²) in [7, 11) is 6.31. The molecule has 0 radical (unpaired) electrons. The Morgan fingerprint density at radius 1 is 0.977 bits per heavy atom. The summed E-state index contributed by atoms with van der Waals surface area (Å²) in [6.45, 7) is 4.13. The van der Waals surface area contributed by atoms with Crippen LogP contribution in [0.4, 0.5) is 0 Å². The number of benzene rings is 2. The van der Waals surface area contributed by atoms with E-state index in [4.69, 9.17) is 33.5 Å². The van der Waals surface area contributed by atoms with E-state index in [1.807, 2.05) is 24.3 Å². The predicted molar refractivity (Wildman–Crippen MR) is 160 cm³/mol. The van der Waals surface area contributed by atoms with Gasteiger partial charge in [-0.1, -0.05) is 25.1 Å². The number of ether oxygens (including phenoxy) is 5. The molecular weight excluding hydrogens is 566 g/mol. The number of Topliss-reactive ketones (excluding diaryl/α,β-unsaturated/α-hetero) is 1. The smallest absolute Gasteiger partial charge is 0.228 e. The van der Waals surface area contributed by atoms with Crippen molar-refractivity contribution in [2.75, 3.05) is 28.4 Å². The van der Waals surface area contributed by atoms with Crippen molar-refractivity contribution < 1.29 is 33.3 Å². The molecule has 1 aliphatic heterocycles. The highest BCUT2D eigenvalue weighted by Gasteiger charge is 2.44. The van der Waals surface area contributed by atoms with Crippen LogP contribution in [-0.4, -0.2) is 60.0 Å². The Balaban J connectivity index is 1.36. The molecule has 0 amide bonds. The summed E-state index contributed by atoms with van der Waals surface area (Å²) in [6, 6.07) is 11.0. The van der Waals surface area contributed by atoms with Crippen LogP contribution < -0.4 is 23.7 Å². The number of oxime groups is 1. The minimum absolute atomic E-state index is 0.00317. The van der Waals surface area contributed by atoms with E-state index in [0.717, 1.165) is 11.1 Å². The molecule has 0 bridgehead atoms. The number of methoxy groups -OCH3 is 4. The molecule has 0 saturated carbocycles. The molecule has 2 aromatic heterocycles. The molecule has 2 aliphatic rings. The van der Waals surface area contributed by atoms with Crippen LogP contribution in [0.3, 0.4) is 0 Å². The first kappa shape index (κ1) is 29.0. The topological polar surface area (TPSA) is 128 Å². The van der Waals surface area contributed by atoms with Crippen molar-refractivity contribution in [1.82, 2.24) is 19.6 Å². The van der Waals surface area contributed by atoms with E-state index in [1.54, 1.807) is 57.6 Å². The van der Waals surface area contributed by atoms with Gasteiger partial charge >= 0.3 is 0 Å². The number of rotatable bonds is 9. The standard InChI is InChI=1S/C32H33N5O7/c1-32(2)13-20(38)28-25(14-32)44-31-29(27(28)19-8-10-22(40-4)24(12-19)42-6)30-35-26(36-37(30)17-33-31)16-43-34-15-18-7-9-21(39-3)23(11-18)41-5/h7-12,15,17,27H,13-14,16H2,1-6H3/b34-15+. The van der Waals surface area contributed by atoms with Crippen LogP contribution in [0, 0.1) is 5.41 Å². The van der Waals surface area contributed by atoms with Crippen LogP contribution in [0.1, 0.15) is 55.1 Å². The second-order valence-electron chi connectivity index (χ2n) is 11.3. The van der Waals surface area contributed by atoms with Crippen molar-refractivity contribution in [3.63, 3.8) is 0 Å². The van der Waals surface area contributed by atoms with Crippen molar-refractivity contribution in [2.45, 2.75) is 39.2 Å². The molecule has 44 heavy (non-hydrogen) atoms. The quantitative estimate of drug-likeness (QED) is 0.194. The van der Waals surface area contributed by atoms with Gasteiger partial charge in [0, 0.05) is 24.0 Å². The predicted octanol–water partition coefficient (Wildman–Crippen LogP) is 4.88. The van der Waals surface area contributed by atoms with E-state index in [0.29, 0.717) is 70.1 Å². The fourth-order valence-corrected chi connectivity index (χ4v) is 5.74. The summed E-state index contributed by atoms with van der Waals surface area (Å²) in [5.74, 6) is 3.24. The van der Waals surface area contributed by atoms with Crippen molar-refractivity contribution in [2.24, 2.45) is 10.6 Å². The molecule has 12 nitrogen and oxygen atoms in total. The molecule has 1 unspecified atom stereocenters. The van der Waals surface area contributed by atoms with Gasteiger partial charge in [0.15, 0.2) is 46.9 Å². The summed E-state index contributed by atoms with van der Waals surface area (Å²) in [4.78, 5) is 28.6. The van der Waals surface area contributed by atoms with Gasteiger partial charge in [-0.3, -0.25) is 4.79 Å². The normalized spacial score (nSPS) is 17.2. The Hall–Kier alpha value is -5.13. The van der Waals surface area contributed by atoms with Gasteiger partial charge in [0.05, 0.1) is 46.1 Å². The summed E-state index contributed by atoms with van der Waals surface area (Å²) >= 11 is 0. The summed E-state index contributed by atoms with van der Waals surface area (Å²) < 4.78 is 29.6. The average molecular weight is 600 g/mol. The minimum atomic E-state index is -0.505. The van der Waals surface area contributed by atoms with Gasteiger partial charge < -0.3 is 28.5 Å². The summed E-state index contributed by atoms with van der Waals surface area (Å²) in [5.41, 5.74) is 3.09. The van der Waals surface area contributed by atoms with Crippen LogP contribution in [0.25, 0.3) is 5.65 Å². The lowest BCUT2D eigenvalue weighted by Crippen LogP contribution is -2.33. The lowest BCUT2D eigenvalue weighted by Gasteiger charge is -2.37. The molecule has 0 fully saturated rings. The molecule has 3 heterocycles. The van der Waals surface area contributed by atoms with Gasteiger partial charge in [0.1, 0.15) is 12.1 Å². The largest absolute Gasteiger partial charge is 0.493 e. The molecule has 228 valence electrons.